The predicted molar refractivity (Wildman–Crippen MR) is 63.2 cm³/mol. The summed E-state index contributed by atoms with van der Waals surface area (Å²) < 4.78 is 0.693. The smallest absolute Gasteiger partial charge is 0.252 e. The summed E-state index contributed by atoms with van der Waals surface area (Å²) in [6.45, 7) is 0.505. The number of aliphatic hydroxyl groups excluding tert-OH is 1. The van der Waals surface area contributed by atoms with Gasteiger partial charge in [-0.25, -0.2) is 0 Å². The molecule has 0 saturated heterocycles. The van der Waals surface area contributed by atoms with Crippen molar-refractivity contribution in [2.24, 2.45) is 0 Å². The lowest BCUT2D eigenvalue weighted by Gasteiger charge is -2.06. The molecule has 5 heteroatoms. The van der Waals surface area contributed by atoms with Crippen molar-refractivity contribution in [3.8, 4) is 0 Å². The van der Waals surface area contributed by atoms with Crippen molar-refractivity contribution in [3.63, 3.8) is 0 Å². The van der Waals surface area contributed by atoms with Crippen LogP contribution in [0.15, 0.2) is 22.7 Å². The topological polar surface area (TPSA) is 49.3 Å². The maximum absolute atomic E-state index is 11.6. The van der Waals surface area contributed by atoms with E-state index in [1.165, 1.54) is 0 Å². The van der Waals surface area contributed by atoms with Gasteiger partial charge in [-0.05, 0) is 34.5 Å². The quantitative estimate of drug-likeness (QED) is 0.836. The molecule has 0 heterocycles. The lowest BCUT2D eigenvalue weighted by atomic mass is 10.2. The summed E-state index contributed by atoms with van der Waals surface area (Å²) in [7, 11) is 0. The van der Waals surface area contributed by atoms with Gasteiger partial charge < -0.3 is 10.4 Å². The largest absolute Gasteiger partial charge is 0.396 e. The van der Waals surface area contributed by atoms with Gasteiger partial charge in [0.1, 0.15) is 0 Å². The van der Waals surface area contributed by atoms with Crippen molar-refractivity contribution < 1.29 is 9.90 Å². The maximum Gasteiger partial charge on any atom is 0.252 e. The second-order valence-corrected chi connectivity index (χ2v) is 4.17. The molecule has 1 amide bonds. The molecule has 0 aliphatic rings. The van der Waals surface area contributed by atoms with Gasteiger partial charge in [-0.1, -0.05) is 17.7 Å². The molecule has 0 aliphatic heterocycles. The lowest BCUT2D eigenvalue weighted by molar-refractivity contribution is 0.0951. The third-order valence-electron chi connectivity index (χ3n) is 1.82. The minimum absolute atomic E-state index is 0.0620. The van der Waals surface area contributed by atoms with Gasteiger partial charge in [0.15, 0.2) is 0 Å². The first-order valence-corrected chi connectivity index (χ1v) is 5.67. The molecule has 15 heavy (non-hydrogen) atoms. The molecule has 0 atom stereocenters. The van der Waals surface area contributed by atoms with E-state index < -0.39 is 0 Å². The first-order valence-electron chi connectivity index (χ1n) is 4.50. The van der Waals surface area contributed by atoms with Gasteiger partial charge in [0.2, 0.25) is 0 Å². The van der Waals surface area contributed by atoms with Gasteiger partial charge in [0, 0.05) is 17.6 Å². The Morgan fingerprint density at radius 3 is 2.93 bits per heavy atom. The Balaban J connectivity index is 2.69. The number of amides is 1. The molecule has 2 N–H and O–H groups in total. The Morgan fingerprint density at radius 1 is 1.53 bits per heavy atom. The third-order valence-corrected chi connectivity index (χ3v) is 3.11. The number of aliphatic hydroxyl groups is 1. The number of carbonyl (C=O) groups is 1. The number of rotatable bonds is 4. The Bertz CT molecular complexity index is 357. The minimum Gasteiger partial charge on any atom is -0.396 e. The molecule has 0 bridgehead atoms. The van der Waals surface area contributed by atoms with E-state index in [9.17, 15) is 4.79 Å². The zero-order chi connectivity index (χ0) is 11.3. The van der Waals surface area contributed by atoms with Crippen LogP contribution in [0, 0.1) is 0 Å². The number of hydrogen-bond acceptors (Lipinski definition) is 2. The molecular weight excluding hydrogens is 281 g/mol. The number of nitrogens with one attached hydrogen (secondary N) is 1. The SMILES string of the molecule is O=C(NCCCO)c1cccc(Br)c1Cl. The Hall–Kier alpha value is -0.580. The van der Waals surface area contributed by atoms with Crippen LogP contribution in [-0.4, -0.2) is 24.2 Å². The van der Waals surface area contributed by atoms with Crippen LogP contribution in [0.25, 0.3) is 0 Å². The third kappa shape index (κ3) is 3.48. The summed E-state index contributed by atoms with van der Waals surface area (Å²) in [4.78, 5) is 11.6. The van der Waals surface area contributed by atoms with E-state index >= 15 is 0 Å². The molecule has 0 aromatic heterocycles. The van der Waals surface area contributed by atoms with Crippen molar-refractivity contribution in [1.29, 1.82) is 0 Å². The van der Waals surface area contributed by atoms with Crippen LogP contribution in [0.1, 0.15) is 16.8 Å². The van der Waals surface area contributed by atoms with Crippen LogP contribution < -0.4 is 5.32 Å². The normalized spacial score (nSPS) is 10.1. The zero-order valence-electron chi connectivity index (χ0n) is 7.96. The summed E-state index contributed by atoms with van der Waals surface area (Å²) in [5.74, 6) is -0.227. The first-order chi connectivity index (χ1) is 7.16. The second kappa shape index (κ2) is 6.10. The average molecular weight is 293 g/mol. The van der Waals surface area contributed by atoms with Crippen LogP contribution in [0.2, 0.25) is 5.02 Å². The van der Waals surface area contributed by atoms with E-state index in [1.807, 2.05) is 0 Å². The molecule has 1 aromatic carbocycles. The van der Waals surface area contributed by atoms with Crippen molar-refractivity contribution >= 4 is 33.4 Å². The molecule has 0 radical (unpaired) electrons. The number of benzene rings is 1. The van der Waals surface area contributed by atoms with Gasteiger partial charge in [-0.3, -0.25) is 4.79 Å². The van der Waals surface area contributed by atoms with Gasteiger partial charge in [0.05, 0.1) is 10.6 Å². The summed E-state index contributed by atoms with van der Waals surface area (Å²) in [6, 6.07) is 5.17. The summed E-state index contributed by atoms with van der Waals surface area (Å²) >= 11 is 9.19. The van der Waals surface area contributed by atoms with Crippen LogP contribution in [0.4, 0.5) is 0 Å². The van der Waals surface area contributed by atoms with Crippen LogP contribution in [0.3, 0.4) is 0 Å². The Kier molecular flexibility index (Phi) is 5.08. The average Bonchev–Trinajstić information content (AvgIpc) is 2.22. The molecule has 1 aromatic rings. The Labute approximate surface area is 102 Å². The molecule has 1 rings (SSSR count). The Morgan fingerprint density at radius 2 is 2.27 bits per heavy atom. The van der Waals surface area contributed by atoms with Gasteiger partial charge in [-0.2, -0.15) is 0 Å². The zero-order valence-corrected chi connectivity index (χ0v) is 10.3. The number of halogens is 2. The highest BCUT2D eigenvalue weighted by atomic mass is 79.9. The second-order valence-electron chi connectivity index (χ2n) is 2.93. The van der Waals surface area contributed by atoms with Crippen LogP contribution in [-0.2, 0) is 0 Å². The molecule has 0 aliphatic carbocycles. The van der Waals surface area contributed by atoms with Gasteiger partial charge in [0.25, 0.3) is 5.91 Å². The number of hydrogen-bond donors (Lipinski definition) is 2. The summed E-state index contributed by atoms with van der Waals surface area (Å²) in [6.07, 6.45) is 0.539. The van der Waals surface area contributed by atoms with Gasteiger partial charge in [-0.15, -0.1) is 0 Å². The fourth-order valence-corrected chi connectivity index (χ4v) is 1.63. The van der Waals surface area contributed by atoms with E-state index in [2.05, 4.69) is 21.2 Å². The van der Waals surface area contributed by atoms with Gasteiger partial charge >= 0.3 is 0 Å². The van der Waals surface area contributed by atoms with E-state index in [0.717, 1.165) is 0 Å². The minimum atomic E-state index is -0.227. The lowest BCUT2D eigenvalue weighted by Crippen LogP contribution is -2.25. The summed E-state index contributed by atoms with van der Waals surface area (Å²) in [5, 5.41) is 11.6. The standard InChI is InChI=1S/C10H11BrClNO2/c11-8-4-1-3-7(9(8)12)10(15)13-5-2-6-14/h1,3-4,14H,2,5-6H2,(H,13,15). The monoisotopic (exact) mass is 291 g/mol. The molecular formula is C10H11BrClNO2. The molecule has 0 unspecified atom stereocenters. The fourth-order valence-electron chi connectivity index (χ4n) is 1.06. The molecule has 3 nitrogen and oxygen atoms in total. The summed E-state index contributed by atoms with van der Waals surface area (Å²) in [5.41, 5.74) is 0.434. The van der Waals surface area contributed by atoms with E-state index in [4.69, 9.17) is 16.7 Å². The van der Waals surface area contributed by atoms with E-state index in [-0.39, 0.29) is 12.5 Å². The van der Waals surface area contributed by atoms with Crippen molar-refractivity contribution in [3.05, 3.63) is 33.3 Å². The highest BCUT2D eigenvalue weighted by Gasteiger charge is 2.11. The molecule has 82 valence electrons. The maximum atomic E-state index is 11.6. The van der Waals surface area contributed by atoms with Crippen LogP contribution in [0.5, 0.6) is 0 Å². The van der Waals surface area contributed by atoms with E-state index in [0.29, 0.717) is 28.0 Å². The highest BCUT2D eigenvalue weighted by molar-refractivity contribution is 9.10. The highest BCUT2D eigenvalue weighted by Crippen LogP contribution is 2.25. The van der Waals surface area contributed by atoms with Crippen molar-refractivity contribution in [2.75, 3.05) is 13.2 Å². The number of carbonyl (C=O) groups excluding carboxylic acids is 1. The van der Waals surface area contributed by atoms with Crippen molar-refractivity contribution in [1.82, 2.24) is 5.32 Å². The molecule has 0 spiro atoms. The van der Waals surface area contributed by atoms with E-state index in [1.54, 1.807) is 18.2 Å². The predicted octanol–water partition coefficient (Wildman–Crippen LogP) is 2.21. The van der Waals surface area contributed by atoms with Crippen molar-refractivity contribution in [2.45, 2.75) is 6.42 Å². The molecule has 0 fully saturated rings. The molecule has 0 saturated carbocycles. The van der Waals surface area contributed by atoms with Crippen LogP contribution >= 0.6 is 27.5 Å². The fraction of sp³-hybridized carbons (Fsp3) is 0.300. The first kappa shape index (κ1) is 12.5.